The van der Waals surface area contributed by atoms with Crippen LogP contribution in [-0.2, 0) is 22.6 Å². The Kier molecular flexibility index (Phi) is 6.51. The molecule has 0 aromatic heterocycles. The van der Waals surface area contributed by atoms with Crippen molar-refractivity contribution in [2.45, 2.75) is 45.4 Å². The van der Waals surface area contributed by atoms with E-state index in [0.29, 0.717) is 17.9 Å². The van der Waals surface area contributed by atoms with Gasteiger partial charge in [0.05, 0.1) is 18.2 Å². The number of Topliss-reactive ketones (excluding diaryl/α,β-unsaturated/α-hetero) is 1. The molecule has 1 N–H and O–H groups in total. The van der Waals surface area contributed by atoms with Crippen LogP contribution in [0.5, 0.6) is 11.5 Å². The molecule has 6 heteroatoms. The number of likely N-dealkylation sites (tertiary alicyclic amines) is 1. The summed E-state index contributed by atoms with van der Waals surface area (Å²) in [5.41, 5.74) is 3.19. The highest BCUT2D eigenvalue weighted by Gasteiger charge is 2.46. The van der Waals surface area contributed by atoms with E-state index in [4.69, 9.17) is 9.47 Å². The number of hydrogen-bond acceptors (Lipinski definition) is 5. The lowest BCUT2D eigenvalue weighted by Crippen LogP contribution is -2.29. The quantitative estimate of drug-likeness (QED) is 0.276. The molecule has 0 bridgehead atoms. The fourth-order valence-corrected chi connectivity index (χ4v) is 4.86. The Balaban J connectivity index is 1.58. The Morgan fingerprint density at radius 1 is 1.06 bits per heavy atom. The molecule has 2 atom stereocenters. The largest absolute Gasteiger partial charge is 0.507 e. The lowest BCUT2D eigenvalue weighted by Gasteiger charge is -2.25. The number of ether oxygens (including phenoxy) is 2. The number of aliphatic hydroxyl groups is 1. The molecule has 0 saturated carbocycles. The smallest absolute Gasteiger partial charge is 0.295 e. The monoisotopic (exact) mass is 483 g/mol. The first-order valence-electron chi connectivity index (χ1n) is 12.3. The third kappa shape index (κ3) is 4.47. The summed E-state index contributed by atoms with van der Waals surface area (Å²) < 4.78 is 11.5. The van der Waals surface area contributed by atoms with Gasteiger partial charge in [0.25, 0.3) is 11.7 Å². The predicted octanol–water partition coefficient (Wildman–Crippen LogP) is 5.42. The van der Waals surface area contributed by atoms with Crippen LogP contribution < -0.4 is 9.47 Å². The van der Waals surface area contributed by atoms with Crippen molar-refractivity contribution < 1.29 is 24.2 Å². The van der Waals surface area contributed by atoms with Gasteiger partial charge in [-0.15, -0.1) is 0 Å². The van der Waals surface area contributed by atoms with Gasteiger partial charge in [0.1, 0.15) is 23.4 Å². The summed E-state index contributed by atoms with van der Waals surface area (Å²) in [6.45, 7) is 4.88. The first kappa shape index (κ1) is 23.7. The van der Waals surface area contributed by atoms with Gasteiger partial charge in [0, 0.05) is 18.5 Å². The number of carbonyl (C=O) groups is 2. The molecule has 5 rings (SSSR count). The van der Waals surface area contributed by atoms with Gasteiger partial charge < -0.3 is 19.5 Å². The summed E-state index contributed by atoms with van der Waals surface area (Å²) in [6.07, 6.45) is 1.67. The summed E-state index contributed by atoms with van der Waals surface area (Å²) in [6, 6.07) is 21.6. The molecular formula is C30H29NO5. The minimum atomic E-state index is -0.728. The maximum Gasteiger partial charge on any atom is 0.295 e. The van der Waals surface area contributed by atoms with Crippen LogP contribution in [-0.4, -0.2) is 34.4 Å². The Morgan fingerprint density at radius 2 is 1.81 bits per heavy atom. The molecule has 0 spiro atoms. The number of fused-ring (bicyclic) bond motifs is 1. The summed E-state index contributed by atoms with van der Waals surface area (Å²) in [4.78, 5) is 28.1. The minimum Gasteiger partial charge on any atom is -0.507 e. The third-order valence-electron chi connectivity index (χ3n) is 6.57. The van der Waals surface area contributed by atoms with Crippen LogP contribution in [0.3, 0.4) is 0 Å². The van der Waals surface area contributed by atoms with E-state index in [1.807, 2.05) is 80.6 Å². The number of carbonyl (C=O) groups excluding carboxylic acids is 2. The van der Waals surface area contributed by atoms with Crippen LogP contribution in [0.4, 0.5) is 0 Å². The average molecular weight is 484 g/mol. The lowest BCUT2D eigenvalue weighted by atomic mass is 9.94. The van der Waals surface area contributed by atoms with Gasteiger partial charge in [-0.1, -0.05) is 49.4 Å². The van der Waals surface area contributed by atoms with Gasteiger partial charge in [-0.25, -0.2) is 0 Å². The summed E-state index contributed by atoms with van der Waals surface area (Å²) in [5, 5.41) is 11.4. The number of hydrogen-bond donors (Lipinski definition) is 1. The fraction of sp³-hybridized carbons (Fsp3) is 0.267. The number of rotatable bonds is 7. The molecule has 6 nitrogen and oxygen atoms in total. The van der Waals surface area contributed by atoms with E-state index in [2.05, 4.69) is 0 Å². The van der Waals surface area contributed by atoms with Crippen molar-refractivity contribution in [2.75, 3.05) is 6.61 Å². The Morgan fingerprint density at radius 3 is 2.53 bits per heavy atom. The zero-order chi connectivity index (χ0) is 25.2. The zero-order valence-electron chi connectivity index (χ0n) is 20.4. The summed E-state index contributed by atoms with van der Waals surface area (Å²) >= 11 is 0. The average Bonchev–Trinajstić information content (AvgIpc) is 3.39. The van der Waals surface area contributed by atoms with E-state index in [1.54, 1.807) is 6.07 Å². The number of benzene rings is 3. The van der Waals surface area contributed by atoms with Gasteiger partial charge in [-0.05, 0) is 60.4 Å². The van der Waals surface area contributed by atoms with Gasteiger partial charge in [0.15, 0.2) is 0 Å². The fourth-order valence-electron chi connectivity index (χ4n) is 4.86. The maximum absolute atomic E-state index is 13.3. The molecule has 2 heterocycles. The van der Waals surface area contributed by atoms with E-state index < -0.39 is 17.7 Å². The van der Waals surface area contributed by atoms with Gasteiger partial charge in [0.2, 0.25) is 0 Å². The Labute approximate surface area is 210 Å². The molecule has 1 fully saturated rings. The number of nitrogens with zero attached hydrogens (tertiary/aromatic N) is 1. The Hall–Kier alpha value is -4.06. The topological polar surface area (TPSA) is 76.1 Å². The first-order chi connectivity index (χ1) is 17.5. The van der Waals surface area contributed by atoms with Crippen molar-refractivity contribution in [2.24, 2.45) is 0 Å². The van der Waals surface area contributed by atoms with Crippen LogP contribution in [0, 0.1) is 0 Å². The van der Waals surface area contributed by atoms with Crippen LogP contribution >= 0.6 is 0 Å². The van der Waals surface area contributed by atoms with Crippen LogP contribution in [0.1, 0.15) is 48.6 Å². The van der Waals surface area contributed by atoms with Crippen molar-refractivity contribution in [1.29, 1.82) is 0 Å². The molecule has 0 aliphatic carbocycles. The molecule has 2 aliphatic rings. The molecule has 2 unspecified atom stereocenters. The lowest BCUT2D eigenvalue weighted by molar-refractivity contribution is -0.140. The standard InChI is InChI=1S/C30H29NO5/c1-3-15-35-24-12-9-21(10-13-24)27-26(28(32)22-11-14-25-23(17-22)16-19(2)36-25)29(33)30(34)31(27)18-20-7-5-4-6-8-20/h4-14,17,19,27,32H,3,15-16,18H2,1-2H3/b28-26+. The predicted molar refractivity (Wildman–Crippen MR) is 137 cm³/mol. The highest BCUT2D eigenvalue weighted by molar-refractivity contribution is 6.46. The summed E-state index contributed by atoms with van der Waals surface area (Å²) in [5.74, 6) is -0.00147. The Bertz CT molecular complexity index is 1310. The zero-order valence-corrected chi connectivity index (χ0v) is 20.4. The molecular weight excluding hydrogens is 454 g/mol. The molecule has 3 aromatic carbocycles. The van der Waals surface area contributed by atoms with Crippen molar-refractivity contribution >= 4 is 17.4 Å². The number of ketones is 1. The molecule has 36 heavy (non-hydrogen) atoms. The molecule has 0 radical (unpaired) electrons. The third-order valence-corrected chi connectivity index (χ3v) is 6.57. The molecule has 3 aromatic rings. The number of amides is 1. The van der Waals surface area contributed by atoms with Crippen LogP contribution in [0.15, 0.2) is 78.4 Å². The summed E-state index contributed by atoms with van der Waals surface area (Å²) in [7, 11) is 0. The minimum absolute atomic E-state index is 0.0577. The second kappa shape index (κ2) is 9.90. The van der Waals surface area contributed by atoms with E-state index in [0.717, 1.165) is 35.3 Å². The molecule has 2 aliphatic heterocycles. The van der Waals surface area contributed by atoms with E-state index in [9.17, 15) is 14.7 Å². The maximum atomic E-state index is 13.3. The molecule has 1 amide bonds. The van der Waals surface area contributed by atoms with Gasteiger partial charge in [-0.3, -0.25) is 9.59 Å². The van der Waals surface area contributed by atoms with Gasteiger partial charge in [-0.2, -0.15) is 0 Å². The van der Waals surface area contributed by atoms with E-state index in [-0.39, 0.29) is 24.0 Å². The second-order valence-corrected chi connectivity index (χ2v) is 9.29. The van der Waals surface area contributed by atoms with Crippen molar-refractivity contribution in [3.63, 3.8) is 0 Å². The molecule has 184 valence electrons. The van der Waals surface area contributed by atoms with E-state index in [1.165, 1.54) is 4.90 Å². The van der Waals surface area contributed by atoms with Gasteiger partial charge >= 0.3 is 0 Å². The normalized spacial score (nSPS) is 20.3. The van der Waals surface area contributed by atoms with Crippen molar-refractivity contribution in [3.05, 3.63) is 101 Å². The molecule has 1 saturated heterocycles. The van der Waals surface area contributed by atoms with Crippen molar-refractivity contribution in [1.82, 2.24) is 4.90 Å². The SMILES string of the molecule is CCCOc1ccc(C2/C(=C(\O)c3ccc4c(c3)CC(C)O4)C(=O)C(=O)N2Cc2ccccc2)cc1. The van der Waals surface area contributed by atoms with Crippen LogP contribution in [0.25, 0.3) is 5.76 Å². The second-order valence-electron chi connectivity index (χ2n) is 9.29. The van der Waals surface area contributed by atoms with Crippen molar-refractivity contribution in [3.8, 4) is 11.5 Å². The number of aliphatic hydroxyl groups excluding tert-OH is 1. The van der Waals surface area contributed by atoms with Crippen LogP contribution in [0.2, 0.25) is 0 Å². The highest BCUT2D eigenvalue weighted by atomic mass is 16.5. The highest BCUT2D eigenvalue weighted by Crippen LogP contribution is 2.41. The van der Waals surface area contributed by atoms with E-state index >= 15 is 0 Å². The first-order valence-corrected chi connectivity index (χ1v) is 12.3.